The molecule has 0 fully saturated rings. The molecular formula is C25H39B18NS. The van der Waals surface area contributed by atoms with E-state index in [4.69, 9.17) is 0 Å². The van der Waals surface area contributed by atoms with Crippen LogP contribution in [-0.2, 0) is 0 Å². The Morgan fingerprint density at radius 3 is 0.689 bits per heavy atom. The maximum Gasteiger partial charge on any atom is 0.141 e. The molecule has 1 nitrogen and oxygen atoms in total. The predicted octanol–water partition coefficient (Wildman–Crippen LogP) is -24.2. The minimum Gasteiger partial charge on any atom is -0.344 e. The highest BCUT2D eigenvalue weighted by Crippen LogP contribution is 2.75. The van der Waals surface area contributed by atoms with Crippen LogP contribution in [0, 0.1) is 0 Å². The molecule has 0 atom stereocenters. The second-order valence-electron chi connectivity index (χ2n) is 14.4. The molecule has 0 unspecified atom stereocenters. The Morgan fingerprint density at radius 1 is 0.267 bits per heavy atom. The summed E-state index contributed by atoms with van der Waals surface area (Å²) < 4.78 is 0. The Bertz CT molecular complexity index is 1820. The number of anilines is 2. The molecule has 0 saturated heterocycles. The van der Waals surface area contributed by atoms with Gasteiger partial charge in [-0.3, -0.25) is 0 Å². The fraction of sp³-hybridized carbons (Fsp3) is 0.0400. The Kier molecular flexibility index (Phi) is 8.76. The van der Waals surface area contributed by atoms with Crippen LogP contribution in [0.2, 0.25) is 0 Å². The summed E-state index contributed by atoms with van der Waals surface area (Å²) >= 11 is 0. The molecule has 0 amide bonds. The zero-order chi connectivity index (χ0) is 33.9. The van der Waals surface area contributed by atoms with Gasteiger partial charge in [0.05, 0.1) is 0 Å². The monoisotopic (exact) mass is 583 g/mol. The van der Waals surface area contributed by atoms with Crippen LogP contribution in [0.3, 0.4) is 0 Å². The van der Waals surface area contributed by atoms with Crippen LogP contribution >= 0.6 is 10.0 Å². The van der Waals surface area contributed by atoms with E-state index in [1.807, 2.05) is 0 Å². The quantitative estimate of drug-likeness (QED) is 0.213. The van der Waals surface area contributed by atoms with Crippen molar-refractivity contribution in [3.8, 4) is 0 Å². The Labute approximate surface area is 291 Å². The largest absolute Gasteiger partial charge is 0.344 e. The van der Waals surface area contributed by atoms with Crippen molar-refractivity contribution in [3.05, 3.63) is 0 Å². The highest BCUT2D eigenvalue weighted by atomic mass is 32.3. The van der Waals surface area contributed by atoms with Gasteiger partial charge in [-0.25, -0.2) is 0 Å². The highest BCUT2D eigenvalue weighted by Gasteiger charge is 2.48. The summed E-state index contributed by atoms with van der Waals surface area (Å²) in [6.45, 7) is 0. The van der Waals surface area contributed by atoms with Gasteiger partial charge in [0, 0.05) is 28.2 Å². The lowest BCUT2D eigenvalue weighted by Gasteiger charge is -2.56. The summed E-state index contributed by atoms with van der Waals surface area (Å²) in [4.78, 5) is 8.86. The Balaban J connectivity index is 2.37. The molecule has 0 bridgehead atoms. The summed E-state index contributed by atoms with van der Waals surface area (Å²) in [5, 5.41) is 0. The lowest BCUT2D eigenvalue weighted by Crippen LogP contribution is -2.61. The van der Waals surface area contributed by atoms with Gasteiger partial charge in [0.25, 0.3) is 0 Å². The second kappa shape index (κ2) is 11.4. The molecule has 0 aliphatic carbocycles. The standard InChI is InChI=1S/C25H39B18NS/c1-44-20-12(36)4(28)10(34)18(42)24(20)45(22-14(38)6(30)2(26)7(31)15(22)39,23-16(40)8(32)3(27)9(33)17(23)41)25-19(43)11(35)5(29)13(37)21(25)44/h26-43H2,1H3. The van der Waals surface area contributed by atoms with E-state index in [2.05, 4.69) is 153 Å². The molecule has 20 heteroatoms. The third-order valence-corrected chi connectivity index (χ3v) is 17.6. The van der Waals surface area contributed by atoms with Gasteiger partial charge in [0.15, 0.2) is 0 Å². The summed E-state index contributed by atoms with van der Waals surface area (Å²) in [6.07, 6.45) is 0. The summed E-state index contributed by atoms with van der Waals surface area (Å²) in [6, 6.07) is 0. The number of nitrogens with zero attached hydrogens (tertiary/aromatic N) is 1. The minimum atomic E-state index is -1.98. The van der Waals surface area contributed by atoms with Crippen molar-refractivity contribution in [1.29, 1.82) is 0 Å². The zero-order valence-electron chi connectivity index (χ0n) is 31.9. The summed E-state index contributed by atoms with van der Waals surface area (Å²) in [5.74, 6) is 0. The van der Waals surface area contributed by atoms with Gasteiger partial charge in [-0.1, -0.05) is 54.6 Å². The molecule has 204 valence electrons. The third kappa shape index (κ3) is 4.28. The smallest absolute Gasteiger partial charge is 0.141 e. The van der Waals surface area contributed by atoms with Gasteiger partial charge >= 0.3 is 0 Å². The van der Waals surface area contributed by atoms with Crippen molar-refractivity contribution >= 4 is 261 Å². The van der Waals surface area contributed by atoms with Crippen LogP contribution in [0.1, 0.15) is 0 Å². The van der Waals surface area contributed by atoms with Gasteiger partial charge in [0.2, 0.25) is 0 Å². The van der Waals surface area contributed by atoms with E-state index in [0.717, 1.165) is 0 Å². The van der Waals surface area contributed by atoms with Crippen molar-refractivity contribution < 1.29 is 0 Å². The fourth-order valence-electron chi connectivity index (χ4n) is 8.65. The van der Waals surface area contributed by atoms with Gasteiger partial charge in [0.1, 0.15) is 141 Å². The van der Waals surface area contributed by atoms with E-state index < -0.39 is 10.0 Å². The van der Waals surface area contributed by atoms with Crippen molar-refractivity contribution in [1.82, 2.24) is 0 Å². The molecule has 1 heterocycles. The molecule has 1 aliphatic heterocycles. The second-order valence-corrected chi connectivity index (χ2v) is 17.3. The fourth-order valence-corrected chi connectivity index (χ4v) is 14.7. The van der Waals surface area contributed by atoms with Gasteiger partial charge < -0.3 is 4.90 Å². The first-order chi connectivity index (χ1) is 20.8. The Hall–Kier alpha value is -1.80. The van der Waals surface area contributed by atoms with Crippen LogP contribution in [0.5, 0.6) is 0 Å². The normalized spacial score (nSPS) is 14.1. The van der Waals surface area contributed by atoms with Crippen LogP contribution in [-0.4, -0.2) is 148 Å². The van der Waals surface area contributed by atoms with E-state index in [0.29, 0.717) is 0 Å². The first kappa shape index (κ1) is 34.5. The van der Waals surface area contributed by atoms with E-state index in [1.165, 1.54) is 110 Å². The Morgan fingerprint density at radius 2 is 0.444 bits per heavy atom. The van der Waals surface area contributed by atoms with Crippen LogP contribution in [0.25, 0.3) is 0 Å². The molecule has 1 aliphatic rings. The lowest BCUT2D eigenvalue weighted by atomic mass is 9.62. The van der Waals surface area contributed by atoms with E-state index >= 15 is 0 Å². The molecule has 4 aromatic carbocycles. The number of fused-ring (bicyclic) bond motifs is 2. The average Bonchev–Trinajstić information content (AvgIpc) is 3.00. The predicted molar refractivity (Wildman–Crippen MR) is 262 cm³/mol. The highest BCUT2D eigenvalue weighted by molar-refractivity contribution is 8.35. The topological polar surface area (TPSA) is 3.24 Å². The molecule has 45 heavy (non-hydrogen) atoms. The van der Waals surface area contributed by atoms with Crippen molar-refractivity contribution in [3.63, 3.8) is 0 Å². The maximum absolute atomic E-state index is 2.59. The maximum atomic E-state index is 2.59. The average molecular weight is 580 g/mol. The third-order valence-electron chi connectivity index (χ3n) is 13.0. The van der Waals surface area contributed by atoms with E-state index in [9.17, 15) is 0 Å². The molecule has 5 rings (SSSR count). The van der Waals surface area contributed by atoms with Gasteiger partial charge in [-0.05, 0) is 9.79 Å². The molecule has 0 saturated carbocycles. The summed E-state index contributed by atoms with van der Waals surface area (Å²) in [5.41, 5.74) is 28.8. The van der Waals surface area contributed by atoms with Crippen molar-refractivity contribution in [2.45, 2.75) is 19.6 Å². The van der Waals surface area contributed by atoms with E-state index in [1.54, 1.807) is 19.6 Å². The first-order valence-corrected chi connectivity index (χ1v) is 18.3. The van der Waals surface area contributed by atoms with Crippen LogP contribution < -0.4 is 103 Å². The molecule has 0 aromatic heterocycles. The molecule has 0 radical (unpaired) electrons. The van der Waals surface area contributed by atoms with Crippen LogP contribution in [0.4, 0.5) is 11.4 Å². The number of benzene rings is 4. The van der Waals surface area contributed by atoms with E-state index in [-0.39, 0.29) is 0 Å². The molecule has 0 spiro atoms. The minimum absolute atomic E-state index is 1.42. The zero-order valence-corrected chi connectivity index (χ0v) is 32.7. The number of hydrogen-bond acceptors (Lipinski definition) is 1. The first-order valence-electron chi connectivity index (χ1n) is 16.7. The lowest BCUT2D eigenvalue weighted by molar-refractivity contribution is 1.12. The SMILES string of the molecule is Bc1c(B)c(B)c(S2(c3c(B)c(B)c(B)c(B)c3B)c3c(B)c(B)c(B)c(B)c3N(C)c3c(B)c(B)c(B)c(B)c32)c(B)c1B. The molecule has 0 N–H and O–H groups in total. The van der Waals surface area contributed by atoms with Crippen molar-refractivity contribution in [2.75, 3.05) is 11.9 Å². The van der Waals surface area contributed by atoms with Gasteiger partial charge in [-0.2, -0.15) is 0 Å². The number of rotatable bonds is 2. The summed E-state index contributed by atoms with van der Waals surface area (Å²) in [7, 11) is 43.3. The molecular weight excluding hydrogens is 541 g/mol. The van der Waals surface area contributed by atoms with Gasteiger partial charge in [-0.15, -0.1) is 53.7 Å². The van der Waals surface area contributed by atoms with Crippen molar-refractivity contribution in [2.24, 2.45) is 0 Å². The molecule has 4 aromatic rings. The number of hydrogen-bond donors (Lipinski definition) is 0. The van der Waals surface area contributed by atoms with Crippen LogP contribution in [0.15, 0.2) is 19.6 Å².